The van der Waals surface area contributed by atoms with Crippen molar-refractivity contribution in [3.63, 3.8) is 0 Å². The van der Waals surface area contributed by atoms with E-state index in [2.05, 4.69) is 31.4 Å². The Labute approximate surface area is 142 Å². The number of nitrogens with one attached hydrogen (secondary N) is 2. The average Bonchev–Trinajstić information content (AvgIpc) is 2.34. The van der Waals surface area contributed by atoms with Crippen LogP contribution in [0, 0.1) is 17.0 Å². The minimum atomic E-state index is -0.928. The maximum absolute atomic E-state index is 13.5. The lowest BCUT2D eigenvalue weighted by Crippen LogP contribution is -2.46. The number of rotatable bonds is 6. The Bertz CT molecular complexity index is 608. The first-order valence-electron chi connectivity index (χ1n) is 7.94. The van der Waals surface area contributed by atoms with Gasteiger partial charge in [0, 0.05) is 24.6 Å². The van der Waals surface area contributed by atoms with Gasteiger partial charge >= 0.3 is 0 Å². The van der Waals surface area contributed by atoms with Crippen LogP contribution in [0.3, 0.4) is 0 Å². The highest BCUT2D eigenvalue weighted by Crippen LogP contribution is 2.26. The fourth-order valence-electron chi connectivity index (χ4n) is 2.87. The molecule has 2 N–H and O–H groups in total. The first-order chi connectivity index (χ1) is 10.9. The zero-order valence-electron chi connectivity index (χ0n) is 14.9. The summed E-state index contributed by atoms with van der Waals surface area (Å²) in [5.41, 5.74) is -0.530. The monoisotopic (exact) mass is 340 g/mol. The molecular weight excluding hydrogens is 314 g/mol. The first kappa shape index (κ1) is 20.1. The first-order valence-corrected chi connectivity index (χ1v) is 7.94. The number of halogens is 2. The van der Waals surface area contributed by atoms with Gasteiger partial charge in [0.25, 0.3) is 5.91 Å². The highest BCUT2D eigenvalue weighted by molar-refractivity contribution is 5.94. The van der Waals surface area contributed by atoms with Crippen molar-refractivity contribution >= 4 is 11.8 Å². The molecule has 4 nitrogen and oxygen atoms in total. The van der Waals surface area contributed by atoms with Crippen molar-refractivity contribution in [1.82, 2.24) is 10.6 Å². The molecular formula is C18H26F2N2O2. The Morgan fingerprint density at radius 2 is 1.71 bits per heavy atom. The molecule has 1 aromatic carbocycles. The molecule has 0 atom stereocenters. The zero-order chi connectivity index (χ0) is 18.5. The summed E-state index contributed by atoms with van der Waals surface area (Å²) in [5, 5.41) is 5.39. The van der Waals surface area contributed by atoms with Crippen LogP contribution in [0.1, 0.15) is 57.8 Å². The van der Waals surface area contributed by atoms with Gasteiger partial charge in [0.1, 0.15) is 11.6 Å². The third kappa shape index (κ3) is 7.06. The summed E-state index contributed by atoms with van der Waals surface area (Å²) in [6, 6.07) is 2.74. The van der Waals surface area contributed by atoms with Crippen molar-refractivity contribution in [1.29, 1.82) is 0 Å². The van der Waals surface area contributed by atoms with E-state index in [0.29, 0.717) is 6.07 Å². The molecule has 0 unspecified atom stereocenters. The summed E-state index contributed by atoms with van der Waals surface area (Å²) < 4.78 is 26.3. The van der Waals surface area contributed by atoms with Gasteiger partial charge in [-0.3, -0.25) is 9.59 Å². The van der Waals surface area contributed by atoms with Gasteiger partial charge in [-0.2, -0.15) is 0 Å². The van der Waals surface area contributed by atoms with Crippen LogP contribution in [-0.2, 0) is 4.79 Å². The molecule has 0 aliphatic carbocycles. The summed E-state index contributed by atoms with van der Waals surface area (Å²) in [4.78, 5) is 23.8. The molecule has 134 valence electrons. The summed E-state index contributed by atoms with van der Waals surface area (Å²) in [5.74, 6) is -2.54. The SMILES string of the molecule is CC(C)(C)CC(C)(C)NC(=O)CCNC(=O)c1ccc(F)cc1F. The molecule has 0 aliphatic heterocycles. The molecule has 2 amide bonds. The number of carbonyl (C=O) groups is 2. The van der Waals surface area contributed by atoms with Gasteiger partial charge in [-0.05, 0) is 37.8 Å². The lowest BCUT2D eigenvalue weighted by molar-refractivity contribution is -0.122. The van der Waals surface area contributed by atoms with Crippen LogP contribution in [0.2, 0.25) is 0 Å². The minimum Gasteiger partial charge on any atom is -0.351 e. The standard InChI is InChI=1S/C18H26F2N2O2/c1-17(2,3)11-18(4,5)22-15(23)8-9-21-16(24)13-7-6-12(19)10-14(13)20/h6-7,10H,8-9,11H2,1-5H3,(H,21,24)(H,22,23). The Balaban J connectivity index is 2.46. The number of benzene rings is 1. The second-order valence-corrected chi connectivity index (χ2v) is 7.80. The minimum absolute atomic E-state index is 0.0745. The number of hydrogen-bond donors (Lipinski definition) is 2. The highest BCUT2D eigenvalue weighted by Gasteiger charge is 2.26. The smallest absolute Gasteiger partial charge is 0.254 e. The Hall–Kier alpha value is -1.98. The summed E-state index contributed by atoms with van der Waals surface area (Å²) in [6.07, 6.45) is 0.890. The van der Waals surface area contributed by atoms with E-state index in [4.69, 9.17) is 0 Å². The molecule has 24 heavy (non-hydrogen) atoms. The van der Waals surface area contributed by atoms with Crippen LogP contribution in [0.15, 0.2) is 18.2 Å². The van der Waals surface area contributed by atoms with E-state index in [1.807, 2.05) is 13.8 Å². The molecule has 0 heterocycles. The maximum atomic E-state index is 13.5. The second-order valence-electron chi connectivity index (χ2n) is 7.80. The van der Waals surface area contributed by atoms with Crippen molar-refractivity contribution < 1.29 is 18.4 Å². The van der Waals surface area contributed by atoms with E-state index in [1.165, 1.54) is 0 Å². The molecule has 0 aromatic heterocycles. The van der Waals surface area contributed by atoms with E-state index in [-0.39, 0.29) is 35.4 Å². The number of amides is 2. The van der Waals surface area contributed by atoms with Crippen molar-refractivity contribution in [3.05, 3.63) is 35.4 Å². The number of hydrogen-bond acceptors (Lipinski definition) is 2. The summed E-state index contributed by atoms with van der Waals surface area (Å²) in [6.45, 7) is 10.3. The fraction of sp³-hybridized carbons (Fsp3) is 0.556. The van der Waals surface area contributed by atoms with Gasteiger partial charge < -0.3 is 10.6 Å². The maximum Gasteiger partial charge on any atom is 0.254 e. The zero-order valence-corrected chi connectivity index (χ0v) is 14.9. The molecule has 0 aliphatic rings. The molecule has 0 saturated heterocycles. The Kier molecular flexibility index (Phi) is 6.46. The average molecular weight is 340 g/mol. The largest absolute Gasteiger partial charge is 0.351 e. The third-order valence-corrected chi connectivity index (χ3v) is 3.26. The molecule has 0 spiro atoms. The van der Waals surface area contributed by atoms with Gasteiger partial charge in [-0.1, -0.05) is 20.8 Å². The summed E-state index contributed by atoms with van der Waals surface area (Å²) >= 11 is 0. The van der Waals surface area contributed by atoms with Crippen LogP contribution >= 0.6 is 0 Å². The van der Waals surface area contributed by atoms with Crippen LogP contribution < -0.4 is 10.6 Å². The van der Waals surface area contributed by atoms with Crippen LogP contribution in [-0.4, -0.2) is 23.9 Å². The Morgan fingerprint density at radius 1 is 1.08 bits per heavy atom. The van der Waals surface area contributed by atoms with Crippen LogP contribution in [0.5, 0.6) is 0 Å². The normalized spacial score (nSPS) is 12.0. The molecule has 1 aromatic rings. The van der Waals surface area contributed by atoms with E-state index in [1.54, 1.807) is 0 Å². The van der Waals surface area contributed by atoms with Crippen molar-refractivity contribution in [2.24, 2.45) is 5.41 Å². The number of carbonyl (C=O) groups excluding carboxylic acids is 2. The summed E-state index contributed by atoms with van der Waals surface area (Å²) in [7, 11) is 0. The fourth-order valence-corrected chi connectivity index (χ4v) is 2.87. The molecule has 0 saturated carbocycles. The molecule has 1 rings (SSSR count). The van der Waals surface area contributed by atoms with Crippen molar-refractivity contribution in [2.45, 2.75) is 53.0 Å². The quantitative estimate of drug-likeness (QED) is 0.834. The molecule has 6 heteroatoms. The van der Waals surface area contributed by atoms with Gasteiger partial charge in [0.15, 0.2) is 0 Å². The van der Waals surface area contributed by atoms with Crippen LogP contribution in [0.25, 0.3) is 0 Å². The molecule has 0 bridgehead atoms. The van der Waals surface area contributed by atoms with Gasteiger partial charge in [-0.25, -0.2) is 8.78 Å². The van der Waals surface area contributed by atoms with E-state index in [9.17, 15) is 18.4 Å². The molecule has 0 fully saturated rings. The van der Waals surface area contributed by atoms with E-state index >= 15 is 0 Å². The lowest BCUT2D eigenvalue weighted by atomic mass is 9.82. The van der Waals surface area contributed by atoms with E-state index in [0.717, 1.165) is 18.6 Å². The predicted octanol–water partition coefficient (Wildman–Crippen LogP) is 3.42. The molecule has 0 radical (unpaired) electrons. The second kappa shape index (κ2) is 7.73. The third-order valence-electron chi connectivity index (χ3n) is 3.26. The highest BCUT2D eigenvalue weighted by atomic mass is 19.1. The van der Waals surface area contributed by atoms with Crippen molar-refractivity contribution in [2.75, 3.05) is 6.54 Å². The lowest BCUT2D eigenvalue weighted by Gasteiger charge is -2.33. The van der Waals surface area contributed by atoms with Gasteiger partial charge in [0.05, 0.1) is 5.56 Å². The van der Waals surface area contributed by atoms with Gasteiger partial charge in [0.2, 0.25) is 5.91 Å². The van der Waals surface area contributed by atoms with Gasteiger partial charge in [-0.15, -0.1) is 0 Å². The topological polar surface area (TPSA) is 58.2 Å². The predicted molar refractivity (Wildman–Crippen MR) is 89.6 cm³/mol. The van der Waals surface area contributed by atoms with Crippen molar-refractivity contribution in [3.8, 4) is 0 Å². The van der Waals surface area contributed by atoms with Crippen LogP contribution in [0.4, 0.5) is 8.78 Å². The van der Waals surface area contributed by atoms with E-state index < -0.39 is 17.5 Å². The Morgan fingerprint density at radius 3 is 2.25 bits per heavy atom.